The predicted octanol–water partition coefficient (Wildman–Crippen LogP) is 1.60. The third kappa shape index (κ3) is 5.71. The van der Waals surface area contributed by atoms with Gasteiger partial charge in [0.1, 0.15) is 0 Å². The summed E-state index contributed by atoms with van der Waals surface area (Å²) in [5.74, 6) is -0.461. The van der Waals surface area contributed by atoms with Gasteiger partial charge in [-0.05, 0) is 25.2 Å². The molecule has 0 spiro atoms. The largest absolute Gasteiger partial charge is 0.348 e. The van der Waals surface area contributed by atoms with E-state index < -0.39 is 11.8 Å². The minimum atomic E-state index is -0.480. The van der Waals surface area contributed by atoms with E-state index in [4.69, 9.17) is 0 Å². The van der Waals surface area contributed by atoms with Crippen molar-refractivity contribution in [2.45, 2.75) is 58.4 Å². The van der Waals surface area contributed by atoms with Gasteiger partial charge in [0.2, 0.25) is 0 Å². The first-order chi connectivity index (χ1) is 8.17. The third-order valence-corrected chi connectivity index (χ3v) is 3.21. The number of unbranched alkanes of at least 4 members (excludes halogenated alkanes) is 1. The maximum Gasteiger partial charge on any atom is 0.309 e. The van der Waals surface area contributed by atoms with E-state index in [2.05, 4.69) is 24.5 Å². The van der Waals surface area contributed by atoms with Gasteiger partial charge in [-0.25, -0.2) is 0 Å². The topological polar surface area (TPSA) is 58.2 Å². The van der Waals surface area contributed by atoms with Crippen LogP contribution < -0.4 is 10.6 Å². The van der Waals surface area contributed by atoms with Gasteiger partial charge in [0.25, 0.3) is 0 Å². The Labute approximate surface area is 104 Å². The Morgan fingerprint density at radius 3 is 2.47 bits per heavy atom. The minimum Gasteiger partial charge on any atom is -0.348 e. The van der Waals surface area contributed by atoms with Crippen molar-refractivity contribution in [3.05, 3.63) is 0 Å². The first-order valence-electron chi connectivity index (χ1n) is 6.76. The average molecular weight is 240 g/mol. The van der Waals surface area contributed by atoms with Crippen LogP contribution in [0.15, 0.2) is 0 Å². The summed E-state index contributed by atoms with van der Waals surface area (Å²) in [6.45, 7) is 4.90. The van der Waals surface area contributed by atoms with Crippen molar-refractivity contribution in [3.63, 3.8) is 0 Å². The molecule has 1 atom stereocenters. The van der Waals surface area contributed by atoms with Crippen LogP contribution in [-0.2, 0) is 9.59 Å². The van der Waals surface area contributed by atoms with Crippen molar-refractivity contribution in [2.24, 2.45) is 5.92 Å². The molecule has 2 amide bonds. The highest BCUT2D eigenvalue weighted by atomic mass is 16.2. The highest BCUT2D eigenvalue weighted by Crippen LogP contribution is 2.18. The van der Waals surface area contributed by atoms with Crippen LogP contribution in [0.25, 0.3) is 0 Å². The fourth-order valence-corrected chi connectivity index (χ4v) is 1.74. The molecule has 0 aliphatic heterocycles. The predicted molar refractivity (Wildman–Crippen MR) is 67.5 cm³/mol. The first-order valence-corrected chi connectivity index (χ1v) is 6.76. The van der Waals surface area contributed by atoms with Crippen molar-refractivity contribution >= 4 is 11.8 Å². The van der Waals surface area contributed by atoms with Crippen molar-refractivity contribution < 1.29 is 9.59 Å². The lowest BCUT2D eigenvalue weighted by Crippen LogP contribution is -2.42. The van der Waals surface area contributed by atoms with Gasteiger partial charge in [0.15, 0.2) is 0 Å². The molecule has 0 heterocycles. The molecule has 1 rings (SSSR count). The van der Waals surface area contributed by atoms with Gasteiger partial charge >= 0.3 is 11.8 Å². The second-order valence-corrected chi connectivity index (χ2v) is 4.87. The Morgan fingerprint density at radius 2 is 1.94 bits per heavy atom. The molecule has 4 nitrogen and oxygen atoms in total. The minimum absolute atomic E-state index is 0.246. The molecule has 98 valence electrons. The Morgan fingerprint density at radius 1 is 1.24 bits per heavy atom. The molecule has 0 aromatic rings. The van der Waals surface area contributed by atoms with E-state index in [9.17, 15) is 9.59 Å². The van der Waals surface area contributed by atoms with Crippen molar-refractivity contribution in [2.75, 3.05) is 6.54 Å². The number of hydrogen-bond donors (Lipinski definition) is 2. The molecule has 0 saturated heterocycles. The Balaban J connectivity index is 2.17. The number of carbonyl (C=O) groups excluding carboxylic acids is 2. The fourth-order valence-electron chi connectivity index (χ4n) is 1.74. The van der Waals surface area contributed by atoms with Crippen molar-refractivity contribution in [1.82, 2.24) is 10.6 Å². The van der Waals surface area contributed by atoms with Crippen LogP contribution in [0.4, 0.5) is 0 Å². The van der Waals surface area contributed by atoms with Gasteiger partial charge in [-0.2, -0.15) is 0 Å². The SMILES string of the molecule is CCCC[C@H](CC)CNC(=O)C(=O)NC1CC1. The van der Waals surface area contributed by atoms with Gasteiger partial charge in [-0.3, -0.25) is 9.59 Å². The monoisotopic (exact) mass is 240 g/mol. The fraction of sp³-hybridized carbons (Fsp3) is 0.846. The summed E-state index contributed by atoms with van der Waals surface area (Å²) < 4.78 is 0. The second-order valence-electron chi connectivity index (χ2n) is 4.87. The smallest absolute Gasteiger partial charge is 0.309 e. The molecule has 4 heteroatoms. The zero-order chi connectivity index (χ0) is 12.7. The summed E-state index contributed by atoms with van der Waals surface area (Å²) in [6.07, 6.45) is 6.54. The average Bonchev–Trinajstić information content (AvgIpc) is 3.12. The number of nitrogens with one attached hydrogen (secondary N) is 2. The third-order valence-electron chi connectivity index (χ3n) is 3.21. The van der Waals surface area contributed by atoms with E-state index in [0.29, 0.717) is 12.5 Å². The van der Waals surface area contributed by atoms with Gasteiger partial charge in [-0.1, -0.05) is 33.1 Å². The van der Waals surface area contributed by atoms with Gasteiger partial charge in [-0.15, -0.1) is 0 Å². The van der Waals surface area contributed by atoms with Gasteiger partial charge in [0, 0.05) is 12.6 Å². The molecule has 0 unspecified atom stereocenters. The normalized spacial score (nSPS) is 16.4. The number of carbonyl (C=O) groups is 2. The second kappa shape index (κ2) is 7.30. The lowest BCUT2D eigenvalue weighted by Gasteiger charge is -2.14. The summed E-state index contributed by atoms with van der Waals surface area (Å²) in [6, 6.07) is 0.246. The lowest BCUT2D eigenvalue weighted by molar-refractivity contribution is -0.139. The summed E-state index contributed by atoms with van der Waals surface area (Å²) in [5, 5.41) is 5.41. The Bertz CT molecular complexity index is 262. The Kier molecular flexibility index (Phi) is 6.01. The zero-order valence-electron chi connectivity index (χ0n) is 10.9. The summed E-state index contributed by atoms with van der Waals surface area (Å²) in [7, 11) is 0. The van der Waals surface area contributed by atoms with E-state index in [-0.39, 0.29) is 6.04 Å². The number of amides is 2. The molecular formula is C13H24N2O2. The van der Waals surface area contributed by atoms with Crippen LogP contribution in [-0.4, -0.2) is 24.4 Å². The molecular weight excluding hydrogens is 216 g/mol. The lowest BCUT2D eigenvalue weighted by atomic mass is 9.99. The van der Waals surface area contributed by atoms with Crippen LogP contribution in [0.5, 0.6) is 0 Å². The van der Waals surface area contributed by atoms with Crippen LogP contribution in [0.2, 0.25) is 0 Å². The van der Waals surface area contributed by atoms with Crippen LogP contribution in [0, 0.1) is 5.92 Å². The molecule has 2 N–H and O–H groups in total. The maximum atomic E-state index is 11.5. The summed E-state index contributed by atoms with van der Waals surface area (Å²) >= 11 is 0. The maximum absolute atomic E-state index is 11.5. The molecule has 1 aliphatic rings. The van der Waals surface area contributed by atoms with Crippen LogP contribution >= 0.6 is 0 Å². The first kappa shape index (κ1) is 14.0. The van der Waals surface area contributed by atoms with Crippen molar-refractivity contribution in [3.8, 4) is 0 Å². The van der Waals surface area contributed by atoms with Gasteiger partial charge < -0.3 is 10.6 Å². The molecule has 0 aromatic carbocycles. The van der Waals surface area contributed by atoms with E-state index in [1.807, 2.05) is 0 Å². The highest BCUT2D eigenvalue weighted by Gasteiger charge is 2.26. The summed E-state index contributed by atoms with van der Waals surface area (Å²) in [5.41, 5.74) is 0. The molecule has 1 saturated carbocycles. The molecule has 1 fully saturated rings. The molecule has 1 aliphatic carbocycles. The van der Waals surface area contributed by atoms with E-state index in [0.717, 1.165) is 25.7 Å². The summed E-state index contributed by atoms with van der Waals surface area (Å²) in [4.78, 5) is 22.9. The zero-order valence-corrected chi connectivity index (χ0v) is 10.9. The van der Waals surface area contributed by atoms with E-state index >= 15 is 0 Å². The molecule has 17 heavy (non-hydrogen) atoms. The van der Waals surface area contributed by atoms with E-state index in [1.165, 1.54) is 12.8 Å². The van der Waals surface area contributed by atoms with Crippen LogP contribution in [0.1, 0.15) is 52.4 Å². The highest BCUT2D eigenvalue weighted by molar-refractivity contribution is 6.35. The standard InChI is InChI=1S/C13H24N2O2/c1-3-5-6-10(4-2)9-14-12(16)13(17)15-11-7-8-11/h10-11H,3-9H2,1-2H3,(H,14,16)(H,15,17)/t10-/m0/s1. The number of hydrogen-bond acceptors (Lipinski definition) is 2. The van der Waals surface area contributed by atoms with E-state index in [1.54, 1.807) is 0 Å². The Hall–Kier alpha value is -1.06. The quantitative estimate of drug-likeness (QED) is 0.664. The molecule has 0 aromatic heterocycles. The van der Waals surface area contributed by atoms with Crippen LogP contribution in [0.3, 0.4) is 0 Å². The van der Waals surface area contributed by atoms with Crippen molar-refractivity contribution in [1.29, 1.82) is 0 Å². The number of rotatable bonds is 7. The molecule has 0 radical (unpaired) electrons. The van der Waals surface area contributed by atoms with Gasteiger partial charge in [0.05, 0.1) is 0 Å². The molecule has 0 bridgehead atoms.